The Bertz CT molecular complexity index is 640. The van der Waals surface area contributed by atoms with Crippen LogP contribution < -0.4 is 9.47 Å². The molecule has 0 unspecified atom stereocenters. The SMILES string of the molecule is Cc1ccccc1OCCOc1ccc(Cl)c(C(=O)O)c1. The molecule has 110 valence electrons. The van der Waals surface area contributed by atoms with Gasteiger partial charge in [-0.05, 0) is 36.8 Å². The van der Waals surface area contributed by atoms with Gasteiger partial charge in [0.25, 0.3) is 0 Å². The van der Waals surface area contributed by atoms with Crippen LogP contribution in [0.3, 0.4) is 0 Å². The molecule has 0 amide bonds. The Labute approximate surface area is 127 Å². The molecule has 0 atom stereocenters. The Morgan fingerprint density at radius 2 is 1.86 bits per heavy atom. The Hall–Kier alpha value is -2.20. The minimum absolute atomic E-state index is 0.0222. The molecule has 0 radical (unpaired) electrons. The van der Waals surface area contributed by atoms with Crippen LogP contribution in [0.15, 0.2) is 42.5 Å². The molecule has 0 aromatic heterocycles. The molecule has 2 aromatic rings. The molecule has 0 aliphatic rings. The third-order valence-electron chi connectivity index (χ3n) is 2.87. The molecule has 0 saturated heterocycles. The predicted molar refractivity (Wildman–Crippen MR) is 80.6 cm³/mol. The van der Waals surface area contributed by atoms with E-state index in [1.54, 1.807) is 6.07 Å². The summed E-state index contributed by atoms with van der Waals surface area (Å²) in [4.78, 5) is 11.0. The first-order valence-electron chi connectivity index (χ1n) is 6.42. The van der Waals surface area contributed by atoms with Crippen molar-refractivity contribution in [3.8, 4) is 11.5 Å². The van der Waals surface area contributed by atoms with Crippen LogP contribution in [0.4, 0.5) is 0 Å². The number of rotatable bonds is 6. The Morgan fingerprint density at radius 3 is 2.57 bits per heavy atom. The van der Waals surface area contributed by atoms with Gasteiger partial charge in [0.2, 0.25) is 0 Å². The van der Waals surface area contributed by atoms with E-state index < -0.39 is 5.97 Å². The van der Waals surface area contributed by atoms with Crippen LogP contribution in [0.25, 0.3) is 0 Å². The molecular weight excluding hydrogens is 292 g/mol. The predicted octanol–water partition coefficient (Wildman–Crippen LogP) is 3.80. The van der Waals surface area contributed by atoms with Crippen molar-refractivity contribution in [2.45, 2.75) is 6.92 Å². The first-order chi connectivity index (χ1) is 10.1. The maximum absolute atomic E-state index is 11.0. The van der Waals surface area contributed by atoms with E-state index in [1.165, 1.54) is 12.1 Å². The van der Waals surface area contributed by atoms with Crippen molar-refractivity contribution in [3.63, 3.8) is 0 Å². The van der Waals surface area contributed by atoms with E-state index in [9.17, 15) is 4.79 Å². The Morgan fingerprint density at radius 1 is 1.14 bits per heavy atom. The molecule has 0 heterocycles. The highest BCUT2D eigenvalue weighted by atomic mass is 35.5. The number of carboxylic acids is 1. The van der Waals surface area contributed by atoms with Gasteiger partial charge in [0, 0.05) is 0 Å². The van der Waals surface area contributed by atoms with Crippen molar-refractivity contribution in [1.82, 2.24) is 0 Å². The smallest absolute Gasteiger partial charge is 0.337 e. The highest BCUT2D eigenvalue weighted by Crippen LogP contribution is 2.22. The summed E-state index contributed by atoms with van der Waals surface area (Å²) in [5.41, 5.74) is 1.08. The van der Waals surface area contributed by atoms with Crippen molar-refractivity contribution < 1.29 is 19.4 Å². The summed E-state index contributed by atoms with van der Waals surface area (Å²) >= 11 is 5.79. The van der Waals surface area contributed by atoms with Gasteiger partial charge in [-0.2, -0.15) is 0 Å². The van der Waals surface area contributed by atoms with Gasteiger partial charge < -0.3 is 14.6 Å². The minimum atomic E-state index is -1.08. The highest BCUT2D eigenvalue weighted by Gasteiger charge is 2.09. The largest absolute Gasteiger partial charge is 0.490 e. The summed E-state index contributed by atoms with van der Waals surface area (Å²) in [6.45, 7) is 2.65. The third-order valence-corrected chi connectivity index (χ3v) is 3.20. The van der Waals surface area contributed by atoms with Crippen LogP contribution >= 0.6 is 11.6 Å². The summed E-state index contributed by atoms with van der Waals surface area (Å²) < 4.78 is 11.1. The van der Waals surface area contributed by atoms with Crippen LogP contribution in [0.5, 0.6) is 11.5 Å². The third kappa shape index (κ3) is 4.13. The lowest BCUT2D eigenvalue weighted by Gasteiger charge is -2.10. The van der Waals surface area contributed by atoms with Crippen LogP contribution in [0.2, 0.25) is 5.02 Å². The van der Waals surface area contributed by atoms with E-state index in [0.29, 0.717) is 19.0 Å². The lowest BCUT2D eigenvalue weighted by atomic mass is 10.2. The standard InChI is InChI=1S/C16H15ClO4/c1-11-4-2-3-5-15(11)21-9-8-20-12-6-7-14(17)13(10-12)16(18)19/h2-7,10H,8-9H2,1H3,(H,18,19). The maximum atomic E-state index is 11.0. The number of ether oxygens (including phenoxy) is 2. The number of hydrogen-bond donors (Lipinski definition) is 1. The van der Waals surface area contributed by atoms with Crippen LogP contribution in [0.1, 0.15) is 15.9 Å². The van der Waals surface area contributed by atoms with Gasteiger partial charge in [0.15, 0.2) is 0 Å². The number of aryl methyl sites for hydroxylation is 1. The number of halogens is 1. The number of carbonyl (C=O) groups is 1. The van der Waals surface area contributed by atoms with E-state index in [0.717, 1.165) is 11.3 Å². The first-order valence-corrected chi connectivity index (χ1v) is 6.80. The van der Waals surface area contributed by atoms with Crippen molar-refractivity contribution in [1.29, 1.82) is 0 Å². The number of aromatic carboxylic acids is 1. The molecule has 4 nitrogen and oxygen atoms in total. The minimum Gasteiger partial charge on any atom is -0.490 e. The van der Waals surface area contributed by atoms with Gasteiger partial charge >= 0.3 is 5.97 Å². The fourth-order valence-electron chi connectivity index (χ4n) is 1.79. The number of para-hydroxylation sites is 1. The molecule has 0 aliphatic carbocycles. The molecule has 0 saturated carbocycles. The second-order valence-corrected chi connectivity index (χ2v) is 4.82. The molecule has 1 N–H and O–H groups in total. The fourth-order valence-corrected chi connectivity index (χ4v) is 1.99. The van der Waals surface area contributed by atoms with Crippen molar-refractivity contribution in [2.24, 2.45) is 0 Å². The van der Waals surface area contributed by atoms with Gasteiger partial charge in [-0.1, -0.05) is 29.8 Å². The summed E-state index contributed by atoms with van der Waals surface area (Å²) in [5, 5.41) is 9.16. The summed E-state index contributed by atoms with van der Waals surface area (Å²) in [7, 11) is 0. The van der Waals surface area contributed by atoms with Gasteiger partial charge in [-0.15, -0.1) is 0 Å². The summed E-state index contributed by atoms with van der Waals surface area (Å²) in [6.07, 6.45) is 0. The van der Waals surface area contributed by atoms with Crippen molar-refractivity contribution in [2.75, 3.05) is 13.2 Å². The molecule has 2 rings (SSSR count). The molecule has 2 aromatic carbocycles. The molecule has 5 heteroatoms. The van der Waals surface area contributed by atoms with Crippen molar-refractivity contribution >= 4 is 17.6 Å². The second-order valence-electron chi connectivity index (χ2n) is 4.41. The van der Waals surface area contributed by atoms with Crippen LogP contribution in [0, 0.1) is 6.92 Å². The molecule has 0 spiro atoms. The number of carboxylic acid groups (broad SMARTS) is 1. The van der Waals surface area contributed by atoms with E-state index in [4.69, 9.17) is 26.2 Å². The zero-order chi connectivity index (χ0) is 15.2. The van der Waals surface area contributed by atoms with Crippen LogP contribution in [-0.4, -0.2) is 24.3 Å². The lowest BCUT2D eigenvalue weighted by Crippen LogP contribution is -2.10. The lowest BCUT2D eigenvalue weighted by molar-refractivity contribution is 0.0696. The average molecular weight is 307 g/mol. The summed E-state index contributed by atoms with van der Waals surface area (Å²) in [6, 6.07) is 12.2. The van der Waals surface area contributed by atoms with E-state index in [2.05, 4.69) is 0 Å². The topological polar surface area (TPSA) is 55.8 Å². The fraction of sp³-hybridized carbons (Fsp3) is 0.188. The Kier molecular flexibility index (Phi) is 5.06. The first kappa shape index (κ1) is 15.2. The van der Waals surface area contributed by atoms with Gasteiger partial charge in [-0.3, -0.25) is 0 Å². The molecule has 21 heavy (non-hydrogen) atoms. The Balaban J connectivity index is 1.88. The van der Waals surface area contributed by atoms with Crippen molar-refractivity contribution in [3.05, 3.63) is 58.6 Å². The quantitative estimate of drug-likeness (QED) is 0.825. The molecular formula is C16H15ClO4. The average Bonchev–Trinajstić information content (AvgIpc) is 2.46. The molecule has 0 aliphatic heterocycles. The maximum Gasteiger partial charge on any atom is 0.337 e. The normalized spacial score (nSPS) is 10.2. The van der Waals surface area contributed by atoms with E-state index >= 15 is 0 Å². The van der Waals surface area contributed by atoms with Gasteiger partial charge in [0.05, 0.1) is 10.6 Å². The zero-order valence-corrected chi connectivity index (χ0v) is 12.3. The number of benzene rings is 2. The second kappa shape index (κ2) is 6.99. The molecule has 0 fully saturated rings. The van der Waals surface area contributed by atoms with E-state index in [-0.39, 0.29) is 10.6 Å². The van der Waals surface area contributed by atoms with Gasteiger partial charge in [0.1, 0.15) is 24.7 Å². The highest BCUT2D eigenvalue weighted by molar-refractivity contribution is 6.33. The monoisotopic (exact) mass is 306 g/mol. The van der Waals surface area contributed by atoms with E-state index in [1.807, 2.05) is 31.2 Å². The van der Waals surface area contributed by atoms with Gasteiger partial charge in [-0.25, -0.2) is 4.79 Å². The van der Waals surface area contributed by atoms with Crippen LogP contribution in [-0.2, 0) is 0 Å². The molecule has 0 bridgehead atoms. The number of hydrogen-bond acceptors (Lipinski definition) is 3. The summed E-state index contributed by atoms with van der Waals surface area (Å²) in [5.74, 6) is 0.176. The zero-order valence-electron chi connectivity index (χ0n) is 11.5.